The minimum atomic E-state index is -1.14. The predicted octanol–water partition coefficient (Wildman–Crippen LogP) is 2.78. The predicted molar refractivity (Wildman–Crippen MR) is 68.1 cm³/mol. The van der Waals surface area contributed by atoms with Crippen LogP contribution >= 0.6 is 0 Å². The van der Waals surface area contributed by atoms with E-state index in [9.17, 15) is 9.59 Å². The Morgan fingerprint density at radius 1 is 1.11 bits per heavy atom. The molecule has 0 saturated heterocycles. The van der Waals surface area contributed by atoms with Gasteiger partial charge in [0.05, 0.1) is 0 Å². The molecular weight excluding hydrogens is 232 g/mol. The topological polar surface area (TPSA) is 63.6 Å². The van der Waals surface area contributed by atoms with Gasteiger partial charge in [-0.15, -0.1) is 0 Å². The van der Waals surface area contributed by atoms with E-state index in [4.69, 9.17) is 9.84 Å². The van der Waals surface area contributed by atoms with Crippen molar-refractivity contribution >= 4 is 11.9 Å². The molecule has 0 aromatic rings. The van der Waals surface area contributed by atoms with Crippen LogP contribution in [0.3, 0.4) is 0 Å². The van der Waals surface area contributed by atoms with Crippen LogP contribution in [-0.2, 0) is 14.3 Å². The molecule has 0 aromatic carbocycles. The van der Waals surface area contributed by atoms with Gasteiger partial charge in [0.1, 0.15) is 6.10 Å². The highest BCUT2D eigenvalue weighted by atomic mass is 16.5. The van der Waals surface area contributed by atoms with Crippen molar-refractivity contribution in [1.82, 2.24) is 0 Å². The standard InChI is InChI=1S/C14H22O4/c1-14(2,3)10-4-6-11(7-5-10)18-13(17)9-8-12(15)16/h8-11H,4-7H2,1-3H3,(H,15,16)/b9-8-. The molecule has 18 heavy (non-hydrogen) atoms. The second kappa shape index (κ2) is 6.03. The lowest BCUT2D eigenvalue weighted by atomic mass is 9.72. The maximum atomic E-state index is 11.3. The minimum absolute atomic E-state index is 0.0606. The molecule has 0 aromatic heterocycles. The summed E-state index contributed by atoms with van der Waals surface area (Å²) < 4.78 is 5.21. The molecule has 4 heteroatoms. The molecule has 4 nitrogen and oxygen atoms in total. The lowest BCUT2D eigenvalue weighted by Crippen LogP contribution is -2.30. The normalized spacial score (nSPS) is 25.1. The van der Waals surface area contributed by atoms with Crippen molar-refractivity contribution in [3.05, 3.63) is 12.2 Å². The molecule has 1 aliphatic rings. The van der Waals surface area contributed by atoms with Crippen molar-refractivity contribution in [3.63, 3.8) is 0 Å². The van der Waals surface area contributed by atoms with E-state index in [0.29, 0.717) is 11.3 Å². The van der Waals surface area contributed by atoms with Crippen LogP contribution in [-0.4, -0.2) is 23.1 Å². The third-order valence-corrected chi connectivity index (χ3v) is 3.54. The number of esters is 1. The summed E-state index contributed by atoms with van der Waals surface area (Å²) in [5, 5.41) is 8.40. The lowest BCUT2D eigenvalue weighted by molar-refractivity contribution is -0.145. The zero-order valence-electron chi connectivity index (χ0n) is 11.3. The molecule has 0 bridgehead atoms. The van der Waals surface area contributed by atoms with Crippen LogP contribution in [0.4, 0.5) is 0 Å². The Morgan fingerprint density at radius 3 is 2.11 bits per heavy atom. The van der Waals surface area contributed by atoms with Gasteiger partial charge in [0.25, 0.3) is 0 Å². The largest absolute Gasteiger partial charge is 0.478 e. The van der Waals surface area contributed by atoms with Gasteiger partial charge in [0.15, 0.2) is 0 Å². The molecule has 0 amide bonds. The van der Waals surface area contributed by atoms with E-state index in [-0.39, 0.29) is 6.10 Å². The first-order chi connectivity index (χ1) is 8.29. The number of carbonyl (C=O) groups excluding carboxylic acids is 1. The minimum Gasteiger partial charge on any atom is -0.478 e. The second-order valence-electron chi connectivity index (χ2n) is 5.95. The Labute approximate surface area is 108 Å². The Kier molecular flexibility index (Phi) is 4.93. The fourth-order valence-corrected chi connectivity index (χ4v) is 2.39. The molecule has 0 heterocycles. The fourth-order valence-electron chi connectivity index (χ4n) is 2.39. The Hall–Kier alpha value is -1.32. The zero-order chi connectivity index (χ0) is 13.8. The first-order valence-corrected chi connectivity index (χ1v) is 6.40. The summed E-state index contributed by atoms with van der Waals surface area (Å²) in [4.78, 5) is 21.6. The van der Waals surface area contributed by atoms with E-state index in [1.807, 2.05) is 0 Å². The number of aliphatic carboxylic acids is 1. The number of carboxylic acids is 1. The smallest absolute Gasteiger partial charge is 0.331 e. The summed E-state index contributed by atoms with van der Waals surface area (Å²) in [5.74, 6) is -1.03. The second-order valence-corrected chi connectivity index (χ2v) is 5.95. The van der Waals surface area contributed by atoms with Crippen molar-refractivity contribution in [3.8, 4) is 0 Å². The summed E-state index contributed by atoms with van der Waals surface area (Å²) in [6, 6.07) is 0. The van der Waals surface area contributed by atoms with Gasteiger partial charge in [-0.3, -0.25) is 0 Å². The molecule has 1 rings (SSSR count). The SMILES string of the molecule is CC(C)(C)C1CCC(OC(=O)/C=C\C(=O)O)CC1. The van der Waals surface area contributed by atoms with Crippen molar-refractivity contribution in [2.75, 3.05) is 0 Å². The van der Waals surface area contributed by atoms with Gasteiger partial charge < -0.3 is 9.84 Å². The van der Waals surface area contributed by atoms with Crippen LogP contribution < -0.4 is 0 Å². The van der Waals surface area contributed by atoms with Gasteiger partial charge in [-0.05, 0) is 37.0 Å². The highest BCUT2D eigenvalue weighted by Crippen LogP contribution is 2.38. The van der Waals surface area contributed by atoms with Gasteiger partial charge in [-0.25, -0.2) is 9.59 Å². The maximum absolute atomic E-state index is 11.3. The fraction of sp³-hybridized carbons (Fsp3) is 0.714. The Morgan fingerprint density at radius 2 is 1.67 bits per heavy atom. The number of ether oxygens (including phenoxy) is 1. The Bertz CT molecular complexity index is 330. The molecular formula is C14H22O4. The van der Waals surface area contributed by atoms with Crippen LogP contribution in [0.15, 0.2) is 12.2 Å². The molecule has 1 aliphatic carbocycles. The van der Waals surface area contributed by atoms with Crippen LogP contribution in [0.2, 0.25) is 0 Å². The monoisotopic (exact) mass is 254 g/mol. The number of rotatable bonds is 3. The van der Waals surface area contributed by atoms with Gasteiger partial charge >= 0.3 is 11.9 Å². The van der Waals surface area contributed by atoms with Crippen molar-refractivity contribution in [1.29, 1.82) is 0 Å². The highest BCUT2D eigenvalue weighted by molar-refractivity contribution is 5.90. The molecule has 0 atom stereocenters. The van der Waals surface area contributed by atoms with Crippen LogP contribution in [0.25, 0.3) is 0 Å². The molecule has 0 aliphatic heterocycles. The van der Waals surface area contributed by atoms with Gasteiger partial charge in [0.2, 0.25) is 0 Å². The molecule has 1 saturated carbocycles. The maximum Gasteiger partial charge on any atom is 0.331 e. The lowest BCUT2D eigenvalue weighted by Gasteiger charge is -2.36. The van der Waals surface area contributed by atoms with E-state index >= 15 is 0 Å². The zero-order valence-corrected chi connectivity index (χ0v) is 11.3. The van der Waals surface area contributed by atoms with Crippen molar-refractivity contribution in [2.45, 2.75) is 52.6 Å². The van der Waals surface area contributed by atoms with Crippen molar-refractivity contribution in [2.24, 2.45) is 11.3 Å². The molecule has 0 spiro atoms. The van der Waals surface area contributed by atoms with Gasteiger partial charge in [0, 0.05) is 12.2 Å². The van der Waals surface area contributed by atoms with E-state index in [2.05, 4.69) is 20.8 Å². The molecule has 0 radical (unpaired) electrons. The highest BCUT2D eigenvalue weighted by Gasteiger charge is 2.30. The number of hydrogen-bond donors (Lipinski definition) is 1. The first kappa shape index (κ1) is 14.7. The number of carboxylic acid groups (broad SMARTS) is 1. The molecule has 102 valence electrons. The number of hydrogen-bond acceptors (Lipinski definition) is 3. The third kappa shape index (κ3) is 4.90. The van der Waals surface area contributed by atoms with E-state index in [1.54, 1.807) is 0 Å². The summed E-state index contributed by atoms with van der Waals surface area (Å²) in [5.41, 5.74) is 0.304. The first-order valence-electron chi connectivity index (χ1n) is 6.40. The summed E-state index contributed by atoms with van der Waals surface area (Å²) in [7, 11) is 0. The van der Waals surface area contributed by atoms with Gasteiger partial charge in [-0.2, -0.15) is 0 Å². The molecule has 1 N–H and O–H groups in total. The van der Waals surface area contributed by atoms with Gasteiger partial charge in [-0.1, -0.05) is 20.8 Å². The van der Waals surface area contributed by atoms with E-state index < -0.39 is 11.9 Å². The average molecular weight is 254 g/mol. The average Bonchev–Trinajstić information content (AvgIpc) is 2.26. The van der Waals surface area contributed by atoms with Crippen LogP contribution in [0.1, 0.15) is 46.5 Å². The summed E-state index contributed by atoms with van der Waals surface area (Å²) >= 11 is 0. The third-order valence-electron chi connectivity index (χ3n) is 3.54. The molecule has 1 fully saturated rings. The molecule has 0 unspecified atom stereocenters. The quantitative estimate of drug-likeness (QED) is 0.621. The summed E-state index contributed by atoms with van der Waals surface area (Å²) in [6.07, 6.45) is 5.58. The van der Waals surface area contributed by atoms with E-state index in [0.717, 1.165) is 37.8 Å². The number of carbonyl (C=O) groups is 2. The summed E-state index contributed by atoms with van der Waals surface area (Å²) in [6.45, 7) is 6.71. The van der Waals surface area contributed by atoms with Crippen molar-refractivity contribution < 1.29 is 19.4 Å². The van der Waals surface area contributed by atoms with E-state index in [1.165, 1.54) is 0 Å². The van der Waals surface area contributed by atoms with Crippen LogP contribution in [0.5, 0.6) is 0 Å². The Balaban J connectivity index is 2.36. The van der Waals surface area contributed by atoms with Crippen LogP contribution in [0, 0.1) is 11.3 Å².